The van der Waals surface area contributed by atoms with Crippen LogP contribution in [0.25, 0.3) is 0 Å². The number of Topliss-reactive ketones (excluding diaryl/α,β-unsaturated/α-hetero) is 2. The first kappa shape index (κ1) is 43.7. The number of hydrogen-bond acceptors (Lipinski definition) is 3. The number of aryl methyl sites for hydroxylation is 1. The predicted molar refractivity (Wildman–Crippen MR) is 193 cm³/mol. The summed E-state index contributed by atoms with van der Waals surface area (Å²) in [6.07, 6.45) is 4.06. The van der Waals surface area contributed by atoms with Crippen LogP contribution in [-0.2, 0) is 11.2 Å². The number of benzene rings is 4. The Bertz CT molecular complexity index is 1130. The molecule has 0 radical (unpaired) electrons. The summed E-state index contributed by atoms with van der Waals surface area (Å²) < 4.78 is 0. The van der Waals surface area contributed by atoms with Gasteiger partial charge in [0.25, 0.3) is 0 Å². The SMILES string of the molecule is CCC(=O)Cl.CCC(=O)c1ccccc1.CCC(=O)c1ccccc1.CCCc1ccccc1.[Cl][Al]([Cl])[Cl].c1ccccc1. The van der Waals surface area contributed by atoms with Gasteiger partial charge in [-0.1, -0.05) is 162 Å². The summed E-state index contributed by atoms with van der Waals surface area (Å²) in [5, 5.41) is -0.273. The molecule has 4 aromatic rings. The Morgan fingerprint density at radius 2 is 0.750 bits per heavy atom. The predicted octanol–water partition coefficient (Wildman–Crippen LogP) is 11.7. The number of carbonyl (C=O) groups is 3. The lowest BCUT2D eigenvalue weighted by Gasteiger charge is -1.93. The summed E-state index contributed by atoms with van der Waals surface area (Å²) >= 11 is 3.10. The Balaban J connectivity index is 0. The van der Waals surface area contributed by atoms with Crippen LogP contribution in [0.3, 0.4) is 0 Å². The maximum atomic E-state index is 11.0. The lowest BCUT2D eigenvalue weighted by molar-refractivity contribution is -0.111. The second kappa shape index (κ2) is 32.0. The smallest absolute Gasteiger partial charge is 0.294 e. The Kier molecular flexibility index (Phi) is 31.8. The molecule has 4 aromatic carbocycles. The third-order valence-electron chi connectivity index (χ3n) is 5.16. The van der Waals surface area contributed by atoms with Crippen molar-refractivity contribution in [2.45, 2.75) is 59.8 Å². The van der Waals surface area contributed by atoms with Crippen LogP contribution in [0.5, 0.6) is 0 Å². The fourth-order valence-corrected chi connectivity index (χ4v) is 2.97. The van der Waals surface area contributed by atoms with Gasteiger partial charge in [0.05, 0.1) is 0 Å². The van der Waals surface area contributed by atoms with Crippen LogP contribution >= 0.6 is 41.7 Å². The van der Waals surface area contributed by atoms with Crippen LogP contribution in [0.1, 0.15) is 79.7 Å². The Morgan fingerprint density at radius 1 is 0.500 bits per heavy atom. The molecule has 4 rings (SSSR count). The van der Waals surface area contributed by atoms with Crippen LogP contribution in [0, 0.1) is 0 Å². The summed E-state index contributed by atoms with van der Waals surface area (Å²) in [6, 6.07) is 41.3. The second-order valence-corrected chi connectivity index (χ2v) is 15.5. The second-order valence-electron chi connectivity index (χ2n) is 8.63. The van der Waals surface area contributed by atoms with Gasteiger partial charge in [0.1, 0.15) is 0 Å². The molecule has 0 aliphatic rings. The van der Waals surface area contributed by atoms with Crippen molar-refractivity contribution < 1.29 is 14.4 Å². The van der Waals surface area contributed by atoms with E-state index in [0.29, 0.717) is 19.3 Å². The van der Waals surface area contributed by atoms with Gasteiger partial charge < -0.3 is 0 Å². The fourth-order valence-electron chi connectivity index (χ4n) is 2.97. The minimum absolute atomic E-state index is 0.209. The Labute approximate surface area is 286 Å². The first-order valence-corrected chi connectivity index (χ1v) is 20.0. The zero-order chi connectivity index (χ0) is 33.4. The Hall–Kier alpha value is -2.42. The summed E-state index contributed by atoms with van der Waals surface area (Å²) in [6.45, 7) is 7.66. The van der Waals surface area contributed by atoms with E-state index in [0.717, 1.165) is 11.1 Å². The highest BCUT2D eigenvalue weighted by molar-refractivity contribution is 7.54. The highest BCUT2D eigenvalue weighted by Gasteiger charge is 2.00. The van der Waals surface area contributed by atoms with E-state index in [1.807, 2.05) is 111 Å². The van der Waals surface area contributed by atoms with Gasteiger partial charge >= 0.3 is 11.4 Å². The van der Waals surface area contributed by atoms with Crippen LogP contribution in [-0.4, -0.2) is 28.2 Å². The average Bonchev–Trinajstić information content (AvgIpc) is 3.07. The molecule has 0 N–H and O–H groups in total. The molecule has 0 aromatic heterocycles. The lowest BCUT2D eigenvalue weighted by atomic mass is 10.1. The summed E-state index contributed by atoms with van der Waals surface area (Å²) in [5.74, 6) is 0.418. The van der Waals surface area contributed by atoms with E-state index in [4.69, 9.17) is 41.7 Å². The molecular formula is C36H43AlCl4O3. The molecule has 0 unspecified atom stereocenters. The van der Waals surface area contributed by atoms with Crippen molar-refractivity contribution in [2.75, 3.05) is 0 Å². The largest absolute Gasteiger partial charge is 0.643 e. The van der Waals surface area contributed by atoms with E-state index in [-0.39, 0.29) is 16.8 Å². The van der Waals surface area contributed by atoms with E-state index < -0.39 is 11.4 Å². The van der Waals surface area contributed by atoms with Crippen LogP contribution in [0.2, 0.25) is 0 Å². The van der Waals surface area contributed by atoms with Crippen molar-refractivity contribution in [3.63, 3.8) is 0 Å². The highest BCUT2D eigenvalue weighted by atomic mass is 35.8. The van der Waals surface area contributed by atoms with E-state index in [1.165, 1.54) is 18.4 Å². The summed E-state index contributed by atoms with van der Waals surface area (Å²) in [4.78, 5) is 31.6. The van der Waals surface area contributed by atoms with Gasteiger partial charge in [0.2, 0.25) is 5.24 Å². The van der Waals surface area contributed by atoms with Crippen molar-refractivity contribution in [1.29, 1.82) is 0 Å². The molecular weight excluding hydrogens is 649 g/mol. The van der Waals surface area contributed by atoms with E-state index in [2.05, 4.69) is 37.3 Å². The molecule has 0 saturated heterocycles. The molecule has 8 heteroatoms. The van der Waals surface area contributed by atoms with Crippen molar-refractivity contribution >= 4 is 69.9 Å². The zero-order valence-electron chi connectivity index (χ0n) is 26.0. The van der Waals surface area contributed by atoms with Crippen LogP contribution in [0.4, 0.5) is 0 Å². The van der Waals surface area contributed by atoms with Crippen molar-refractivity contribution in [3.05, 3.63) is 144 Å². The third-order valence-corrected chi connectivity index (χ3v) is 5.43. The average molecular weight is 693 g/mol. The Morgan fingerprint density at radius 3 is 0.977 bits per heavy atom. The van der Waals surface area contributed by atoms with Crippen molar-refractivity contribution in [1.82, 2.24) is 0 Å². The summed E-state index contributed by atoms with van der Waals surface area (Å²) in [5.41, 5.74) is 3.06. The topological polar surface area (TPSA) is 51.2 Å². The fraction of sp³-hybridized carbons (Fsp3) is 0.250. The first-order chi connectivity index (χ1) is 21.1. The van der Waals surface area contributed by atoms with Crippen molar-refractivity contribution in [2.24, 2.45) is 0 Å². The number of rotatable bonds is 7. The molecule has 0 bridgehead atoms. The van der Waals surface area contributed by atoms with Gasteiger partial charge in [0.15, 0.2) is 11.6 Å². The molecule has 0 aliphatic carbocycles. The van der Waals surface area contributed by atoms with E-state index in [9.17, 15) is 14.4 Å². The maximum Gasteiger partial charge on any atom is 0.643 e. The lowest BCUT2D eigenvalue weighted by Crippen LogP contribution is -1.94. The van der Waals surface area contributed by atoms with Gasteiger partial charge in [-0.05, 0) is 23.6 Å². The highest BCUT2D eigenvalue weighted by Crippen LogP contribution is 2.03. The van der Waals surface area contributed by atoms with E-state index in [1.54, 1.807) is 6.92 Å². The molecule has 44 heavy (non-hydrogen) atoms. The molecule has 0 fully saturated rings. The maximum absolute atomic E-state index is 11.0. The molecule has 236 valence electrons. The minimum atomic E-state index is -1.72. The van der Waals surface area contributed by atoms with Gasteiger partial charge in [-0.15, -0.1) is 0 Å². The van der Waals surface area contributed by atoms with Gasteiger partial charge in [-0.3, -0.25) is 14.4 Å². The number of ketones is 2. The number of hydrogen-bond donors (Lipinski definition) is 0. The molecule has 0 atom stereocenters. The van der Waals surface area contributed by atoms with E-state index >= 15 is 0 Å². The first-order valence-electron chi connectivity index (χ1n) is 14.4. The minimum Gasteiger partial charge on any atom is -0.294 e. The molecule has 0 amide bonds. The third kappa shape index (κ3) is 29.6. The molecule has 0 saturated carbocycles. The molecule has 3 nitrogen and oxygen atoms in total. The standard InChI is InChI=1S/2C9H10O.C9H12.C6H6.C3H5ClO.Al.3ClH/c2*1-2-9(10)8-6-4-3-5-7-8;1-2-6-9-7-4-3-5-8-9;1-2-4-6-5-3-1;1-2-3(4)5;;;;/h2*3-7H,2H2,1H3;3-5,7-8H,2,6H2,1H3;1-6H;2H2,1H3;;3*1H/q;;;;;+3;;;/p-3. The van der Waals surface area contributed by atoms with Crippen LogP contribution < -0.4 is 0 Å². The normalized spacial score (nSPS) is 8.73. The quantitative estimate of drug-likeness (QED) is 0.110. The van der Waals surface area contributed by atoms with Gasteiger partial charge in [0, 0.05) is 30.4 Å². The van der Waals surface area contributed by atoms with Crippen LogP contribution in [0.15, 0.2) is 127 Å². The number of halogens is 4. The van der Waals surface area contributed by atoms with Gasteiger partial charge in [-0.25, -0.2) is 30.1 Å². The van der Waals surface area contributed by atoms with Gasteiger partial charge in [-0.2, -0.15) is 0 Å². The number of carbonyl (C=O) groups excluding carboxylic acids is 3. The van der Waals surface area contributed by atoms with Crippen molar-refractivity contribution in [3.8, 4) is 0 Å². The molecule has 0 aliphatic heterocycles. The molecule has 0 heterocycles. The zero-order valence-corrected chi connectivity index (χ0v) is 30.2. The molecule has 0 spiro atoms. The monoisotopic (exact) mass is 690 g/mol. The summed E-state index contributed by atoms with van der Waals surface area (Å²) in [7, 11) is 14.8.